The van der Waals surface area contributed by atoms with Crippen LogP contribution in [0.25, 0.3) is 0 Å². The fourth-order valence-corrected chi connectivity index (χ4v) is 4.30. The number of ether oxygens (including phenoxy) is 3. The van der Waals surface area contributed by atoms with E-state index in [1.807, 2.05) is 13.0 Å². The highest BCUT2D eigenvalue weighted by Crippen LogP contribution is 2.63. The SMILES string of the molecule is C#C/C=C\[C@H]1O[C@]2(C(=O)CC)OC3CC4OC3C2C41. The summed E-state index contributed by atoms with van der Waals surface area (Å²) in [5.74, 6) is 1.66. The molecule has 7 atom stereocenters. The summed E-state index contributed by atoms with van der Waals surface area (Å²) in [5.41, 5.74) is 0. The van der Waals surface area contributed by atoms with Crippen molar-refractivity contribution in [2.75, 3.05) is 0 Å². The average molecular weight is 260 g/mol. The van der Waals surface area contributed by atoms with Gasteiger partial charge < -0.3 is 14.2 Å². The summed E-state index contributed by atoms with van der Waals surface area (Å²) < 4.78 is 18.0. The molecule has 0 aliphatic carbocycles. The number of ketones is 1. The number of carbonyl (C=O) groups excluding carboxylic acids is 1. The number of Topliss-reactive ketones (excluding diaryl/α,β-unsaturated/α-hetero) is 1. The molecule has 0 aromatic rings. The normalized spacial score (nSPS) is 53.1. The van der Waals surface area contributed by atoms with Crippen molar-refractivity contribution in [3.05, 3.63) is 12.2 Å². The molecule has 4 heterocycles. The first-order chi connectivity index (χ1) is 9.21. The quantitative estimate of drug-likeness (QED) is 0.712. The predicted octanol–water partition coefficient (Wildman–Crippen LogP) is 1.05. The van der Waals surface area contributed by atoms with Crippen LogP contribution in [0.5, 0.6) is 0 Å². The maximum absolute atomic E-state index is 12.3. The first-order valence-electron chi connectivity index (χ1n) is 6.88. The van der Waals surface area contributed by atoms with Gasteiger partial charge in [0.25, 0.3) is 0 Å². The van der Waals surface area contributed by atoms with Crippen LogP contribution in [0.15, 0.2) is 12.2 Å². The van der Waals surface area contributed by atoms with Gasteiger partial charge in [-0.2, -0.15) is 0 Å². The lowest BCUT2D eigenvalue weighted by Gasteiger charge is -2.27. The number of allylic oxidation sites excluding steroid dienone is 1. The molecular weight excluding hydrogens is 244 g/mol. The number of terminal acetylenes is 1. The Labute approximate surface area is 112 Å². The third-order valence-electron chi connectivity index (χ3n) is 4.91. The van der Waals surface area contributed by atoms with Crippen molar-refractivity contribution >= 4 is 5.78 Å². The van der Waals surface area contributed by atoms with Gasteiger partial charge in [-0.3, -0.25) is 4.79 Å². The Morgan fingerprint density at radius 1 is 1.47 bits per heavy atom. The maximum Gasteiger partial charge on any atom is 0.235 e. The van der Waals surface area contributed by atoms with Gasteiger partial charge >= 0.3 is 0 Å². The van der Waals surface area contributed by atoms with Crippen molar-refractivity contribution in [2.24, 2.45) is 11.8 Å². The molecule has 0 saturated carbocycles. The molecule has 19 heavy (non-hydrogen) atoms. The van der Waals surface area contributed by atoms with Crippen LogP contribution in [-0.4, -0.2) is 36.0 Å². The molecule has 4 nitrogen and oxygen atoms in total. The Hall–Kier alpha value is -1.15. The van der Waals surface area contributed by atoms with Gasteiger partial charge in [0.05, 0.1) is 30.3 Å². The summed E-state index contributed by atoms with van der Waals surface area (Å²) in [4.78, 5) is 12.3. The molecule has 5 unspecified atom stereocenters. The molecule has 4 fully saturated rings. The lowest BCUT2D eigenvalue weighted by atomic mass is 9.75. The number of fused-ring (bicyclic) bond motifs is 2. The van der Waals surface area contributed by atoms with Crippen LogP contribution in [0.1, 0.15) is 19.8 Å². The highest BCUT2D eigenvalue weighted by atomic mass is 16.7. The second-order valence-electron chi connectivity index (χ2n) is 5.69. The van der Waals surface area contributed by atoms with E-state index < -0.39 is 5.79 Å². The van der Waals surface area contributed by atoms with Crippen molar-refractivity contribution in [3.63, 3.8) is 0 Å². The first kappa shape index (κ1) is 11.7. The summed E-state index contributed by atoms with van der Waals surface area (Å²) in [6, 6.07) is 0. The number of hydrogen-bond acceptors (Lipinski definition) is 4. The molecule has 4 heteroatoms. The molecule has 2 bridgehead atoms. The fraction of sp³-hybridized carbons (Fsp3) is 0.667. The molecule has 100 valence electrons. The molecule has 4 aliphatic heterocycles. The lowest BCUT2D eigenvalue weighted by Crippen LogP contribution is -2.43. The Kier molecular flexibility index (Phi) is 2.27. The molecule has 0 aromatic carbocycles. The standard InChI is InChI=1S/C15H16O4/c1-3-5-6-8-12-9-7-10-14(17-9)13(12)15(18-8,19-10)11(16)4-2/h1,5-6,8-10,12-14H,4,7H2,2H3/b6-5-/t8-,9?,10?,12?,13?,14?,15-/m1/s1. The molecule has 0 N–H and O–H groups in total. The number of hydrogen-bond donors (Lipinski definition) is 0. The Morgan fingerprint density at radius 2 is 2.32 bits per heavy atom. The van der Waals surface area contributed by atoms with Crippen molar-refractivity contribution in [1.82, 2.24) is 0 Å². The van der Waals surface area contributed by atoms with Crippen LogP contribution in [-0.2, 0) is 19.0 Å². The van der Waals surface area contributed by atoms with Crippen molar-refractivity contribution in [3.8, 4) is 12.3 Å². The van der Waals surface area contributed by atoms with Crippen molar-refractivity contribution < 1.29 is 19.0 Å². The molecule has 4 aliphatic rings. The molecule has 0 aromatic heterocycles. The molecule has 4 rings (SSSR count). The first-order valence-corrected chi connectivity index (χ1v) is 6.88. The highest BCUT2D eigenvalue weighted by Gasteiger charge is 2.76. The van der Waals surface area contributed by atoms with Crippen LogP contribution in [0.4, 0.5) is 0 Å². The summed E-state index contributed by atoms with van der Waals surface area (Å²) >= 11 is 0. The lowest BCUT2D eigenvalue weighted by molar-refractivity contribution is -0.221. The monoisotopic (exact) mass is 260 g/mol. The third kappa shape index (κ3) is 1.24. The summed E-state index contributed by atoms with van der Waals surface area (Å²) in [7, 11) is 0. The Balaban J connectivity index is 1.76. The topological polar surface area (TPSA) is 44.8 Å². The van der Waals surface area contributed by atoms with Crippen LogP contribution >= 0.6 is 0 Å². The minimum Gasteiger partial charge on any atom is -0.371 e. The molecule has 0 amide bonds. The fourth-order valence-electron chi connectivity index (χ4n) is 4.30. The van der Waals surface area contributed by atoms with Crippen LogP contribution in [0.2, 0.25) is 0 Å². The summed E-state index contributed by atoms with van der Waals surface area (Å²) in [6.45, 7) is 1.84. The van der Waals surface area contributed by atoms with Crippen molar-refractivity contribution in [1.29, 1.82) is 0 Å². The zero-order valence-corrected chi connectivity index (χ0v) is 10.7. The van der Waals surface area contributed by atoms with E-state index in [9.17, 15) is 4.79 Å². The van der Waals surface area contributed by atoms with E-state index in [2.05, 4.69) is 5.92 Å². The van der Waals surface area contributed by atoms with Gasteiger partial charge in [-0.15, -0.1) is 6.42 Å². The number of carbonyl (C=O) groups is 1. The van der Waals surface area contributed by atoms with E-state index in [4.69, 9.17) is 20.6 Å². The molecule has 0 radical (unpaired) electrons. The zero-order chi connectivity index (χ0) is 13.2. The van der Waals surface area contributed by atoms with E-state index in [0.717, 1.165) is 6.42 Å². The van der Waals surface area contributed by atoms with Crippen LogP contribution < -0.4 is 0 Å². The summed E-state index contributed by atoms with van der Waals surface area (Å²) in [6.07, 6.45) is 10.1. The minimum atomic E-state index is -1.08. The van der Waals surface area contributed by atoms with Gasteiger partial charge in [-0.25, -0.2) is 0 Å². The van der Waals surface area contributed by atoms with Gasteiger partial charge in [-0.05, 0) is 12.2 Å². The van der Waals surface area contributed by atoms with Gasteiger partial charge in [0.15, 0.2) is 5.78 Å². The molecule has 4 saturated heterocycles. The Morgan fingerprint density at radius 3 is 3.05 bits per heavy atom. The second kappa shape index (κ2) is 3.69. The van der Waals surface area contributed by atoms with Gasteiger partial charge in [0, 0.05) is 18.8 Å². The van der Waals surface area contributed by atoms with E-state index in [1.54, 1.807) is 6.08 Å². The van der Waals surface area contributed by atoms with Gasteiger partial charge in [0.2, 0.25) is 5.79 Å². The third-order valence-corrected chi connectivity index (χ3v) is 4.91. The van der Waals surface area contributed by atoms with E-state index in [1.165, 1.54) is 0 Å². The highest BCUT2D eigenvalue weighted by molar-refractivity contribution is 5.87. The van der Waals surface area contributed by atoms with E-state index in [0.29, 0.717) is 6.42 Å². The average Bonchev–Trinajstić information content (AvgIpc) is 3.06. The molecule has 0 spiro atoms. The number of rotatable bonds is 3. The zero-order valence-electron chi connectivity index (χ0n) is 10.7. The minimum absolute atomic E-state index is 0.0229. The molecular formula is C15H16O4. The second-order valence-corrected chi connectivity index (χ2v) is 5.69. The van der Waals surface area contributed by atoms with Crippen LogP contribution in [0.3, 0.4) is 0 Å². The van der Waals surface area contributed by atoms with E-state index in [-0.39, 0.29) is 42.0 Å². The van der Waals surface area contributed by atoms with Gasteiger partial charge in [-0.1, -0.05) is 12.8 Å². The van der Waals surface area contributed by atoms with Crippen molar-refractivity contribution in [2.45, 2.75) is 50.0 Å². The van der Waals surface area contributed by atoms with E-state index >= 15 is 0 Å². The summed E-state index contributed by atoms with van der Waals surface area (Å²) in [5, 5.41) is 0. The van der Waals surface area contributed by atoms with Gasteiger partial charge in [0.1, 0.15) is 0 Å². The Bertz CT molecular complexity index is 503. The largest absolute Gasteiger partial charge is 0.371 e. The van der Waals surface area contributed by atoms with Crippen LogP contribution in [0, 0.1) is 24.2 Å². The predicted molar refractivity (Wildman–Crippen MR) is 66.0 cm³/mol. The maximum atomic E-state index is 12.3. The smallest absolute Gasteiger partial charge is 0.235 e.